The third-order valence-electron chi connectivity index (χ3n) is 4.25. The summed E-state index contributed by atoms with van der Waals surface area (Å²) in [7, 11) is 0. The molecule has 8 nitrogen and oxygen atoms in total. The van der Waals surface area contributed by atoms with Crippen molar-refractivity contribution in [1.29, 1.82) is 0 Å². The molecule has 170 valence electrons. The number of aliphatic hydroxyl groups is 1. The largest absolute Gasteiger partial charge is 0.508 e. The number of carbonyl (C=O) groups is 1. The van der Waals surface area contributed by atoms with Gasteiger partial charge in [0.25, 0.3) is 0 Å². The maximum atomic E-state index is 11.9. The van der Waals surface area contributed by atoms with Gasteiger partial charge in [-0.25, -0.2) is 0 Å². The monoisotopic (exact) mass is 432 g/mol. The van der Waals surface area contributed by atoms with E-state index in [1.54, 1.807) is 36.4 Å². The second-order valence-electron chi connectivity index (χ2n) is 6.88. The highest BCUT2D eigenvalue weighted by molar-refractivity contribution is 5.78. The van der Waals surface area contributed by atoms with Crippen LogP contribution in [0, 0.1) is 0 Å². The zero-order chi connectivity index (χ0) is 22.3. The third-order valence-corrected chi connectivity index (χ3v) is 4.25. The summed E-state index contributed by atoms with van der Waals surface area (Å²) in [5, 5.41) is 25.3. The molecule has 0 spiro atoms. The van der Waals surface area contributed by atoms with Gasteiger partial charge >= 0.3 is 0 Å². The van der Waals surface area contributed by atoms with Gasteiger partial charge in [-0.1, -0.05) is 12.1 Å². The number of carbonyl (C=O) groups excluding carboxylic acids is 1. The fraction of sp³-hybridized carbons (Fsp3) is 0.435. The Morgan fingerprint density at radius 1 is 1.03 bits per heavy atom. The SMILES string of the molecule is CCOCCOc1ccc(OCC(O)CNCCNC(=O)Cc2cccc(O)c2)cc1. The fourth-order valence-corrected chi connectivity index (χ4v) is 2.72. The molecule has 2 aromatic rings. The second-order valence-corrected chi connectivity index (χ2v) is 6.88. The third kappa shape index (κ3) is 10.7. The van der Waals surface area contributed by atoms with E-state index in [1.807, 2.05) is 19.1 Å². The molecule has 1 atom stereocenters. The minimum atomic E-state index is -0.676. The van der Waals surface area contributed by atoms with Gasteiger partial charge in [-0.2, -0.15) is 0 Å². The number of rotatable bonds is 15. The Kier molecular flexibility index (Phi) is 11.2. The molecule has 0 fully saturated rings. The van der Waals surface area contributed by atoms with Crippen molar-refractivity contribution < 1.29 is 29.2 Å². The van der Waals surface area contributed by atoms with Crippen molar-refractivity contribution in [3.8, 4) is 17.2 Å². The van der Waals surface area contributed by atoms with Crippen LogP contribution in [-0.4, -0.2) is 68.3 Å². The molecule has 1 unspecified atom stereocenters. The van der Waals surface area contributed by atoms with Crippen molar-refractivity contribution in [2.75, 3.05) is 46.1 Å². The Bertz CT molecular complexity index is 769. The second kappa shape index (κ2) is 14.2. The van der Waals surface area contributed by atoms with E-state index in [4.69, 9.17) is 14.2 Å². The maximum absolute atomic E-state index is 11.9. The van der Waals surface area contributed by atoms with E-state index >= 15 is 0 Å². The van der Waals surface area contributed by atoms with Gasteiger partial charge < -0.3 is 35.1 Å². The van der Waals surface area contributed by atoms with Gasteiger partial charge in [-0.15, -0.1) is 0 Å². The standard InChI is InChI=1S/C23H32N2O6/c1-2-29-12-13-30-21-6-8-22(9-7-21)31-17-20(27)16-24-10-11-25-23(28)15-18-4-3-5-19(26)14-18/h3-9,14,20,24,26-27H,2,10-13,15-17H2,1H3,(H,25,28). The number of phenolic OH excluding ortho intramolecular Hbond substituents is 1. The summed E-state index contributed by atoms with van der Waals surface area (Å²) in [6.45, 7) is 5.12. The molecule has 31 heavy (non-hydrogen) atoms. The van der Waals surface area contributed by atoms with E-state index < -0.39 is 6.10 Å². The molecule has 2 aromatic carbocycles. The molecule has 0 aromatic heterocycles. The van der Waals surface area contributed by atoms with Crippen molar-refractivity contribution in [2.45, 2.75) is 19.4 Å². The summed E-state index contributed by atoms with van der Waals surface area (Å²) in [6, 6.07) is 13.8. The lowest BCUT2D eigenvalue weighted by Crippen LogP contribution is -2.37. The molecule has 0 heterocycles. The van der Waals surface area contributed by atoms with Crippen molar-refractivity contribution in [2.24, 2.45) is 0 Å². The van der Waals surface area contributed by atoms with Crippen LogP contribution < -0.4 is 20.1 Å². The van der Waals surface area contributed by atoms with Gasteiger partial charge in [-0.3, -0.25) is 4.79 Å². The first-order chi connectivity index (χ1) is 15.1. The predicted molar refractivity (Wildman–Crippen MR) is 118 cm³/mol. The van der Waals surface area contributed by atoms with E-state index in [0.29, 0.717) is 45.2 Å². The summed E-state index contributed by atoms with van der Waals surface area (Å²) < 4.78 is 16.3. The van der Waals surface area contributed by atoms with Gasteiger partial charge in [0.1, 0.15) is 36.6 Å². The normalized spacial score (nSPS) is 11.7. The fourth-order valence-electron chi connectivity index (χ4n) is 2.72. The van der Waals surface area contributed by atoms with Crippen LogP contribution in [-0.2, 0) is 16.0 Å². The first kappa shape index (κ1) is 24.5. The summed E-state index contributed by atoms with van der Waals surface area (Å²) >= 11 is 0. The van der Waals surface area contributed by atoms with E-state index in [0.717, 1.165) is 11.3 Å². The minimum Gasteiger partial charge on any atom is -0.508 e. The van der Waals surface area contributed by atoms with Gasteiger partial charge in [0.2, 0.25) is 5.91 Å². The summed E-state index contributed by atoms with van der Waals surface area (Å²) in [5.41, 5.74) is 0.753. The first-order valence-electron chi connectivity index (χ1n) is 10.4. The van der Waals surface area contributed by atoms with Crippen LogP contribution in [0.25, 0.3) is 0 Å². The summed E-state index contributed by atoms with van der Waals surface area (Å²) in [4.78, 5) is 11.9. The Labute approximate surface area is 183 Å². The van der Waals surface area contributed by atoms with Crippen LogP contribution in [0.5, 0.6) is 17.2 Å². The maximum Gasteiger partial charge on any atom is 0.224 e. The van der Waals surface area contributed by atoms with Crippen LogP contribution in [0.3, 0.4) is 0 Å². The minimum absolute atomic E-state index is 0.124. The van der Waals surface area contributed by atoms with Crippen molar-refractivity contribution >= 4 is 5.91 Å². The Hall–Kier alpha value is -2.81. The predicted octanol–water partition coefficient (Wildman–Crippen LogP) is 1.50. The molecule has 0 aliphatic carbocycles. The first-order valence-corrected chi connectivity index (χ1v) is 10.4. The van der Waals surface area contributed by atoms with Gasteiger partial charge in [-0.05, 0) is 48.9 Å². The van der Waals surface area contributed by atoms with Crippen LogP contribution in [0.15, 0.2) is 48.5 Å². The average molecular weight is 433 g/mol. The molecule has 2 rings (SSSR count). The number of amides is 1. The Balaban J connectivity index is 1.52. The molecular weight excluding hydrogens is 400 g/mol. The smallest absolute Gasteiger partial charge is 0.224 e. The zero-order valence-electron chi connectivity index (χ0n) is 17.9. The van der Waals surface area contributed by atoms with Crippen molar-refractivity contribution in [3.05, 3.63) is 54.1 Å². The average Bonchev–Trinajstić information content (AvgIpc) is 2.76. The summed E-state index contributed by atoms with van der Waals surface area (Å²) in [5.74, 6) is 1.40. The van der Waals surface area contributed by atoms with Crippen LogP contribution >= 0.6 is 0 Å². The molecular formula is C23H32N2O6. The molecule has 0 radical (unpaired) electrons. The number of ether oxygens (including phenoxy) is 3. The van der Waals surface area contributed by atoms with Gasteiger partial charge in [0, 0.05) is 26.2 Å². The number of nitrogens with one attached hydrogen (secondary N) is 2. The molecule has 0 aliphatic rings. The quantitative estimate of drug-likeness (QED) is 0.316. The molecule has 0 bridgehead atoms. The van der Waals surface area contributed by atoms with E-state index in [-0.39, 0.29) is 24.7 Å². The number of hydrogen-bond donors (Lipinski definition) is 4. The van der Waals surface area contributed by atoms with Crippen LogP contribution in [0.4, 0.5) is 0 Å². The number of aromatic hydroxyl groups is 1. The Morgan fingerprint density at radius 2 is 1.77 bits per heavy atom. The molecule has 0 saturated carbocycles. The number of hydrogen-bond acceptors (Lipinski definition) is 7. The molecule has 4 N–H and O–H groups in total. The lowest BCUT2D eigenvalue weighted by molar-refractivity contribution is -0.120. The number of benzene rings is 2. The molecule has 0 aliphatic heterocycles. The molecule has 0 saturated heterocycles. The van der Waals surface area contributed by atoms with E-state index in [9.17, 15) is 15.0 Å². The van der Waals surface area contributed by atoms with Crippen molar-refractivity contribution in [1.82, 2.24) is 10.6 Å². The van der Waals surface area contributed by atoms with Gasteiger partial charge in [0.05, 0.1) is 13.0 Å². The van der Waals surface area contributed by atoms with E-state index in [1.165, 1.54) is 0 Å². The number of phenols is 1. The zero-order valence-corrected chi connectivity index (χ0v) is 17.9. The summed E-state index contributed by atoms with van der Waals surface area (Å²) in [6.07, 6.45) is -0.466. The lowest BCUT2D eigenvalue weighted by Gasteiger charge is -2.14. The highest BCUT2D eigenvalue weighted by Crippen LogP contribution is 2.17. The topological polar surface area (TPSA) is 109 Å². The highest BCUT2D eigenvalue weighted by Gasteiger charge is 2.06. The van der Waals surface area contributed by atoms with E-state index in [2.05, 4.69) is 10.6 Å². The molecule has 8 heteroatoms. The van der Waals surface area contributed by atoms with Crippen LogP contribution in [0.1, 0.15) is 12.5 Å². The molecule has 1 amide bonds. The lowest BCUT2D eigenvalue weighted by atomic mass is 10.1. The highest BCUT2D eigenvalue weighted by atomic mass is 16.5. The Morgan fingerprint density at radius 3 is 2.48 bits per heavy atom. The van der Waals surface area contributed by atoms with Gasteiger partial charge in [0.15, 0.2) is 0 Å². The van der Waals surface area contributed by atoms with Crippen LogP contribution in [0.2, 0.25) is 0 Å². The van der Waals surface area contributed by atoms with Crippen molar-refractivity contribution in [3.63, 3.8) is 0 Å². The number of aliphatic hydroxyl groups excluding tert-OH is 1.